The summed E-state index contributed by atoms with van der Waals surface area (Å²) in [5.74, 6) is -0.280. The molecule has 2 saturated carbocycles. The summed E-state index contributed by atoms with van der Waals surface area (Å²) in [5, 5.41) is 0. The molecule has 2 bridgehead atoms. The van der Waals surface area contributed by atoms with Crippen LogP contribution in [0, 0.1) is 16.7 Å². The van der Waals surface area contributed by atoms with E-state index in [1.165, 1.54) is 0 Å². The molecule has 0 saturated heterocycles. The minimum atomic E-state index is -4.33. The lowest BCUT2D eigenvalue weighted by molar-refractivity contribution is -0.849. The molecule has 6 heteroatoms. The molecular weight excluding hydrogens is 278 g/mol. The molecule has 5 nitrogen and oxygen atoms in total. The standard InChI is InChI=1S/C10H16O4S.C4H12N/c1-9(2)7-3-4-10(9,8(11)5-7)6-15(12,13)14;1-5(2,3)4/h7H,3-6H2,1-2H3,(H,12,13,14);1-4H3/q;+1/p-1. The van der Waals surface area contributed by atoms with Gasteiger partial charge in [-0.3, -0.25) is 4.79 Å². The van der Waals surface area contributed by atoms with Crippen LogP contribution in [-0.4, -0.2) is 57.2 Å². The first kappa shape index (κ1) is 17.6. The van der Waals surface area contributed by atoms with Crippen LogP contribution < -0.4 is 0 Å². The highest BCUT2D eigenvalue weighted by Gasteiger charge is 2.64. The van der Waals surface area contributed by atoms with E-state index in [-0.39, 0.29) is 17.1 Å². The SMILES string of the molecule is CC1(C)C2CCC1(CS(=O)(=O)[O-])C(=O)C2.C[N+](C)(C)C. The molecule has 2 aliphatic carbocycles. The Morgan fingerprint density at radius 1 is 1.25 bits per heavy atom. The van der Waals surface area contributed by atoms with Crippen molar-refractivity contribution in [2.45, 2.75) is 33.1 Å². The van der Waals surface area contributed by atoms with Gasteiger partial charge in [-0.25, -0.2) is 8.42 Å². The maximum Gasteiger partial charge on any atom is 0.140 e. The molecule has 0 N–H and O–H groups in total. The fourth-order valence-electron chi connectivity index (χ4n) is 3.41. The smallest absolute Gasteiger partial charge is 0.140 e. The van der Waals surface area contributed by atoms with Crippen molar-refractivity contribution in [2.75, 3.05) is 33.9 Å². The van der Waals surface area contributed by atoms with Gasteiger partial charge in [0.1, 0.15) is 5.78 Å². The number of rotatable bonds is 2. The highest BCUT2D eigenvalue weighted by atomic mass is 32.2. The number of fused-ring (bicyclic) bond motifs is 2. The summed E-state index contributed by atoms with van der Waals surface area (Å²) in [7, 11) is 4.17. The molecule has 0 aliphatic heterocycles. The van der Waals surface area contributed by atoms with Crippen LogP contribution in [0.4, 0.5) is 0 Å². The molecule has 2 rings (SSSR count). The summed E-state index contributed by atoms with van der Waals surface area (Å²) >= 11 is 0. The average molecular weight is 305 g/mol. The van der Waals surface area contributed by atoms with Crippen molar-refractivity contribution in [1.29, 1.82) is 0 Å². The molecule has 2 fully saturated rings. The Hall–Kier alpha value is -0.460. The Labute approximate surface area is 122 Å². The van der Waals surface area contributed by atoms with Gasteiger partial charge in [0.2, 0.25) is 0 Å². The number of carbonyl (C=O) groups is 1. The van der Waals surface area contributed by atoms with E-state index >= 15 is 0 Å². The van der Waals surface area contributed by atoms with Gasteiger partial charge in [-0.15, -0.1) is 0 Å². The molecule has 2 unspecified atom stereocenters. The molecule has 20 heavy (non-hydrogen) atoms. The third kappa shape index (κ3) is 3.59. The topological polar surface area (TPSA) is 74.3 Å². The van der Waals surface area contributed by atoms with E-state index in [0.29, 0.717) is 12.8 Å². The number of ketones is 1. The van der Waals surface area contributed by atoms with E-state index in [0.717, 1.165) is 10.9 Å². The summed E-state index contributed by atoms with van der Waals surface area (Å²) in [6, 6.07) is 0. The average Bonchev–Trinajstić information content (AvgIpc) is 2.45. The largest absolute Gasteiger partial charge is 0.748 e. The zero-order valence-corrected chi connectivity index (χ0v) is 14.2. The Bertz CT molecular complexity index is 484. The van der Waals surface area contributed by atoms with Gasteiger partial charge in [0.15, 0.2) is 0 Å². The molecular formula is C14H27NO4S. The third-order valence-electron chi connectivity index (χ3n) is 4.56. The summed E-state index contributed by atoms with van der Waals surface area (Å²) in [4.78, 5) is 11.8. The molecule has 0 amide bonds. The maximum absolute atomic E-state index is 11.8. The van der Waals surface area contributed by atoms with Crippen LogP contribution in [0.1, 0.15) is 33.1 Å². The van der Waals surface area contributed by atoms with E-state index < -0.39 is 21.3 Å². The number of hydrogen-bond donors (Lipinski definition) is 0. The van der Waals surface area contributed by atoms with E-state index in [9.17, 15) is 17.8 Å². The van der Waals surface area contributed by atoms with Crippen molar-refractivity contribution in [3.8, 4) is 0 Å². The quantitative estimate of drug-likeness (QED) is 0.568. The first-order chi connectivity index (χ1) is 8.69. The van der Waals surface area contributed by atoms with Crippen molar-refractivity contribution in [3.63, 3.8) is 0 Å². The van der Waals surface area contributed by atoms with Gasteiger partial charge >= 0.3 is 0 Å². The van der Waals surface area contributed by atoms with Crippen LogP contribution in [0.2, 0.25) is 0 Å². The molecule has 0 heterocycles. The molecule has 0 aromatic heterocycles. The normalized spacial score (nSPS) is 31.9. The van der Waals surface area contributed by atoms with E-state index in [1.807, 2.05) is 13.8 Å². The van der Waals surface area contributed by atoms with Crippen molar-refractivity contribution < 1.29 is 22.2 Å². The lowest BCUT2D eigenvalue weighted by Crippen LogP contribution is -2.42. The van der Waals surface area contributed by atoms with Crippen LogP contribution in [-0.2, 0) is 14.9 Å². The van der Waals surface area contributed by atoms with Gasteiger partial charge in [0.25, 0.3) is 0 Å². The minimum Gasteiger partial charge on any atom is -0.748 e. The van der Waals surface area contributed by atoms with Gasteiger partial charge in [0, 0.05) is 11.8 Å². The molecule has 0 spiro atoms. The van der Waals surface area contributed by atoms with Gasteiger partial charge < -0.3 is 9.04 Å². The van der Waals surface area contributed by atoms with Crippen molar-refractivity contribution in [2.24, 2.45) is 16.7 Å². The third-order valence-corrected chi connectivity index (χ3v) is 5.41. The number of carbonyl (C=O) groups excluding carboxylic acids is 1. The van der Waals surface area contributed by atoms with Crippen molar-refractivity contribution in [1.82, 2.24) is 0 Å². The van der Waals surface area contributed by atoms with Gasteiger partial charge in [-0.1, -0.05) is 13.8 Å². The Morgan fingerprint density at radius 3 is 1.95 bits per heavy atom. The van der Waals surface area contributed by atoms with Gasteiger partial charge in [0.05, 0.1) is 44.1 Å². The molecule has 0 radical (unpaired) electrons. The predicted octanol–water partition coefficient (Wildman–Crippen LogP) is 1.25. The van der Waals surface area contributed by atoms with Crippen molar-refractivity contribution in [3.05, 3.63) is 0 Å². The second-order valence-electron chi connectivity index (χ2n) is 8.05. The number of nitrogens with zero attached hydrogens (tertiary/aromatic N) is 1. The Balaban J connectivity index is 0.000000347. The molecule has 2 aliphatic rings. The zero-order chi connectivity index (χ0) is 16.0. The minimum absolute atomic E-state index is 0.0248. The highest BCUT2D eigenvalue weighted by molar-refractivity contribution is 7.85. The second-order valence-corrected chi connectivity index (χ2v) is 9.46. The maximum atomic E-state index is 11.8. The first-order valence-electron chi connectivity index (χ1n) is 6.95. The second kappa shape index (κ2) is 5.07. The van der Waals surface area contributed by atoms with Gasteiger partial charge in [-0.2, -0.15) is 0 Å². The predicted molar refractivity (Wildman–Crippen MR) is 77.1 cm³/mol. The van der Waals surface area contributed by atoms with Crippen LogP contribution in [0.5, 0.6) is 0 Å². The summed E-state index contributed by atoms with van der Waals surface area (Å²) in [6.45, 7) is 3.83. The zero-order valence-electron chi connectivity index (χ0n) is 13.4. The number of Topliss-reactive ketones (excluding diaryl/α,β-unsaturated/α-hetero) is 1. The van der Waals surface area contributed by atoms with Crippen LogP contribution in [0.25, 0.3) is 0 Å². The van der Waals surface area contributed by atoms with E-state index in [2.05, 4.69) is 28.2 Å². The summed E-state index contributed by atoms with van der Waals surface area (Å²) in [5.41, 5.74) is -1.22. The van der Waals surface area contributed by atoms with Gasteiger partial charge in [-0.05, 0) is 24.2 Å². The monoisotopic (exact) mass is 305 g/mol. The van der Waals surface area contributed by atoms with Crippen LogP contribution >= 0.6 is 0 Å². The fraction of sp³-hybridized carbons (Fsp3) is 0.929. The van der Waals surface area contributed by atoms with Crippen molar-refractivity contribution >= 4 is 15.9 Å². The molecule has 2 atom stereocenters. The Morgan fingerprint density at radius 2 is 1.70 bits per heavy atom. The highest BCUT2D eigenvalue weighted by Crippen LogP contribution is 2.64. The molecule has 118 valence electrons. The Kier molecular flexibility index (Phi) is 4.46. The van der Waals surface area contributed by atoms with E-state index in [4.69, 9.17) is 0 Å². The van der Waals surface area contributed by atoms with Crippen LogP contribution in [0.3, 0.4) is 0 Å². The lowest BCUT2D eigenvalue weighted by Gasteiger charge is -2.37. The fourth-order valence-corrected chi connectivity index (χ4v) is 4.69. The first-order valence-corrected chi connectivity index (χ1v) is 8.52. The van der Waals surface area contributed by atoms with Crippen LogP contribution in [0.15, 0.2) is 0 Å². The summed E-state index contributed by atoms with van der Waals surface area (Å²) in [6.07, 6.45) is 1.88. The molecule has 0 aromatic rings. The molecule has 0 aromatic carbocycles. The van der Waals surface area contributed by atoms with E-state index in [1.54, 1.807) is 0 Å². The lowest BCUT2D eigenvalue weighted by atomic mass is 9.70. The number of quaternary nitrogens is 1. The summed E-state index contributed by atoms with van der Waals surface area (Å²) < 4.78 is 33.7. The number of hydrogen-bond acceptors (Lipinski definition) is 4.